The van der Waals surface area contributed by atoms with E-state index in [-0.39, 0.29) is 18.5 Å². The Kier molecular flexibility index (Phi) is 5.65. The van der Waals surface area contributed by atoms with E-state index in [4.69, 9.17) is 10.1 Å². The fourth-order valence-corrected chi connectivity index (χ4v) is 4.25. The summed E-state index contributed by atoms with van der Waals surface area (Å²) in [4.78, 5) is 14.1. The highest BCUT2D eigenvalue weighted by Crippen LogP contribution is 2.37. The average Bonchev–Trinajstić information content (AvgIpc) is 2.84. The molecule has 1 aliphatic heterocycles. The Hall–Kier alpha value is -1.83. The predicted molar refractivity (Wildman–Crippen MR) is 95.1 cm³/mol. The van der Waals surface area contributed by atoms with Gasteiger partial charge >= 0.3 is 6.18 Å². The van der Waals surface area contributed by atoms with Crippen molar-refractivity contribution in [3.63, 3.8) is 0 Å². The number of carbonyl (C=O) groups is 1. The van der Waals surface area contributed by atoms with Gasteiger partial charge < -0.3 is 10.1 Å². The van der Waals surface area contributed by atoms with Gasteiger partial charge in [-0.3, -0.25) is 15.1 Å². The molecule has 1 saturated carbocycles. The van der Waals surface area contributed by atoms with Crippen molar-refractivity contribution < 1.29 is 22.7 Å². The average molecular weight is 385 g/mol. The van der Waals surface area contributed by atoms with Crippen molar-refractivity contribution in [1.82, 2.24) is 10.2 Å². The molecular weight excluding hydrogens is 359 g/mol. The number of alkyl halides is 3. The first-order chi connectivity index (χ1) is 12.7. The number of hydrogen-bond donors (Lipinski definition) is 2. The van der Waals surface area contributed by atoms with Gasteiger partial charge in [0, 0.05) is 7.05 Å². The van der Waals surface area contributed by atoms with E-state index in [2.05, 4.69) is 5.32 Å². The molecule has 0 radical (unpaired) electrons. The Morgan fingerprint density at radius 3 is 2.52 bits per heavy atom. The number of nitrogens with one attached hydrogen (secondary N) is 2. The summed E-state index contributed by atoms with van der Waals surface area (Å²) in [5.74, 6) is -1.77. The second-order valence-corrected chi connectivity index (χ2v) is 7.74. The van der Waals surface area contributed by atoms with Gasteiger partial charge in [-0.2, -0.15) is 13.2 Å². The molecule has 0 aromatic heterocycles. The molecule has 2 fully saturated rings. The second-order valence-electron chi connectivity index (χ2n) is 7.74. The summed E-state index contributed by atoms with van der Waals surface area (Å²) >= 11 is 0. The Balaban J connectivity index is 1.75. The first-order valence-corrected chi connectivity index (χ1v) is 9.41. The van der Waals surface area contributed by atoms with Crippen LogP contribution in [0, 0.1) is 17.2 Å². The number of rotatable bonds is 5. The van der Waals surface area contributed by atoms with Crippen molar-refractivity contribution in [2.75, 3.05) is 13.7 Å². The minimum absolute atomic E-state index is 0.0362. The molecule has 0 bridgehead atoms. The maximum absolute atomic E-state index is 13.3. The van der Waals surface area contributed by atoms with Crippen LogP contribution in [0.3, 0.4) is 0 Å². The lowest BCUT2D eigenvalue weighted by Gasteiger charge is -2.35. The summed E-state index contributed by atoms with van der Waals surface area (Å²) in [6, 6.07) is 0. The lowest BCUT2D eigenvalue weighted by Crippen LogP contribution is -2.53. The summed E-state index contributed by atoms with van der Waals surface area (Å²) in [5.41, 5.74) is -1.17. The monoisotopic (exact) mass is 385 g/mol. The first-order valence-electron chi connectivity index (χ1n) is 9.41. The van der Waals surface area contributed by atoms with Crippen LogP contribution in [-0.4, -0.2) is 48.2 Å². The summed E-state index contributed by atoms with van der Waals surface area (Å²) in [6.07, 6.45) is 5.56. The van der Waals surface area contributed by atoms with E-state index < -0.39 is 23.7 Å². The number of amides is 1. The van der Waals surface area contributed by atoms with Gasteiger partial charge in [0.15, 0.2) is 5.96 Å². The summed E-state index contributed by atoms with van der Waals surface area (Å²) in [6.45, 7) is -0.190. The van der Waals surface area contributed by atoms with Crippen molar-refractivity contribution >= 4 is 11.9 Å². The molecular formula is C19H26F3N3O2. The van der Waals surface area contributed by atoms with E-state index in [0.717, 1.165) is 31.8 Å². The number of carbonyl (C=O) groups excluding carboxylic acids is 1. The quantitative estimate of drug-likeness (QED) is 0.763. The zero-order valence-corrected chi connectivity index (χ0v) is 15.4. The predicted octanol–water partition coefficient (Wildman–Crippen LogP) is 3.38. The number of guanidine groups is 1. The van der Waals surface area contributed by atoms with E-state index >= 15 is 0 Å². The molecule has 3 rings (SSSR count). The van der Waals surface area contributed by atoms with E-state index in [1.807, 2.05) is 0 Å². The highest BCUT2D eigenvalue weighted by molar-refractivity contribution is 6.07. The summed E-state index contributed by atoms with van der Waals surface area (Å²) in [7, 11) is 1.50. The molecule has 2 N–H and O–H groups in total. The van der Waals surface area contributed by atoms with Crippen LogP contribution in [0.4, 0.5) is 13.2 Å². The lowest BCUT2D eigenvalue weighted by atomic mass is 9.79. The van der Waals surface area contributed by atoms with Crippen LogP contribution in [0.2, 0.25) is 0 Å². The van der Waals surface area contributed by atoms with Crippen LogP contribution in [0.15, 0.2) is 24.3 Å². The molecule has 0 aromatic carbocycles. The number of allylic oxidation sites excluding steroid dienone is 2. The highest BCUT2D eigenvalue weighted by Gasteiger charge is 2.51. The molecule has 1 saturated heterocycles. The third-order valence-electron chi connectivity index (χ3n) is 5.75. The van der Waals surface area contributed by atoms with Gasteiger partial charge in [-0.1, -0.05) is 56.4 Å². The summed E-state index contributed by atoms with van der Waals surface area (Å²) < 4.78 is 45.5. The zero-order chi connectivity index (χ0) is 19.7. The molecule has 3 aliphatic rings. The third kappa shape index (κ3) is 4.20. The molecule has 3 atom stereocenters. The normalized spacial score (nSPS) is 32.2. The Labute approximate surface area is 157 Å². The van der Waals surface area contributed by atoms with Crippen molar-refractivity contribution in [3.8, 4) is 0 Å². The smallest absolute Gasteiger partial charge is 0.370 e. The molecule has 27 heavy (non-hydrogen) atoms. The molecule has 1 amide bonds. The largest absolute Gasteiger partial charge is 0.397 e. The van der Waals surface area contributed by atoms with Crippen LogP contribution < -0.4 is 5.32 Å². The number of halogens is 3. The van der Waals surface area contributed by atoms with E-state index in [1.54, 1.807) is 0 Å². The van der Waals surface area contributed by atoms with Crippen LogP contribution in [0.1, 0.15) is 38.5 Å². The number of ether oxygens (including phenoxy) is 1. The van der Waals surface area contributed by atoms with Crippen LogP contribution in [0.25, 0.3) is 0 Å². The Bertz CT molecular complexity index is 641. The van der Waals surface area contributed by atoms with E-state index in [0.29, 0.717) is 12.3 Å². The minimum atomic E-state index is -4.42. The van der Waals surface area contributed by atoms with Gasteiger partial charge in [-0.25, -0.2) is 0 Å². The topological polar surface area (TPSA) is 65.4 Å². The lowest BCUT2D eigenvalue weighted by molar-refractivity contribution is -0.187. The third-order valence-corrected chi connectivity index (χ3v) is 5.75. The van der Waals surface area contributed by atoms with Gasteiger partial charge in [-0.05, 0) is 12.3 Å². The SMILES string of the molecule is CN1C(=N)NC(COC2C=CC=CC2C(F)(F)F)(CC2CCCCC2)C1=O. The summed E-state index contributed by atoms with van der Waals surface area (Å²) in [5, 5.41) is 10.9. The number of hydrogen-bond acceptors (Lipinski definition) is 3. The number of nitrogens with zero attached hydrogens (tertiary/aromatic N) is 1. The molecule has 8 heteroatoms. The number of likely N-dealkylation sites (N-methyl/N-ethyl adjacent to an activating group) is 1. The molecule has 0 aromatic rings. The molecule has 150 valence electrons. The van der Waals surface area contributed by atoms with E-state index in [1.165, 1.54) is 36.6 Å². The van der Waals surface area contributed by atoms with Gasteiger partial charge in [0.05, 0.1) is 12.7 Å². The second kappa shape index (κ2) is 7.66. The van der Waals surface area contributed by atoms with Gasteiger partial charge in [0.1, 0.15) is 11.5 Å². The maximum atomic E-state index is 13.3. The molecule has 3 unspecified atom stereocenters. The van der Waals surface area contributed by atoms with Crippen LogP contribution in [-0.2, 0) is 9.53 Å². The zero-order valence-electron chi connectivity index (χ0n) is 15.4. The van der Waals surface area contributed by atoms with Crippen molar-refractivity contribution in [2.45, 2.75) is 56.3 Å². The fraction of sp³-hybridized carbons (Fsp3) is 0.684. The molecule has 5 nitrogen and oxygen atoms in total. The Morgan fingerprint density at radius 2 is 1.93 bits per heavy atom. The van der Waals surface area contributed by atoms with Crippen molar-refractivity contribution in [3.05, 3.63) is 24.3 Å². The van der Waals surface area contributed by atoms with Gasteiger partial charge in [-0.15, -0.1) is 0 Å². The minimum Gasteiger partial charge on any atom is -0.370 e. The van der Waals surface area contributed by atoms with Crippen LogP contribution in [0.5, 0.6) is 0 Å². The van der Waals surface area contributed by atoms with Gasteiger partial charge in [0.25, 0.3) is 5.91 Å². The maximum Gasteiger partial charge on any atom is 0.397 e. The molecule has 2 aliphatic carbocycles. The van der Waals surface area contributed by atoms with Gasteiger partial charge in [0.2, 0.25) is 0 Å². The molecule has 0 spiro atoms. The highest BCUT2D eigenvalue weighted by atomic mass is 19.4. The first kappa shape index (κ1) is 19.9. The van der Waals surface area contributed by atoms with Crippen molar-refractivity contribution in [1.29, 1.82) is 5.41 Å². The van der Waals surface area contributed by atoms with E-state index in [9.17, 15) is 18.0 Å². The van der Waals surface area contributed by atoms with Crippen LogP contribution >= 0.6 is 0 Å². The molecule has 1 heterocycles. The Morgan fingerprint density at radius 1 is 1.26 bits per heavy atom. The fourth-order valence-electron chi connectivity index (χ4n) is 4.25. The van der Waals surface area contributed by atoms with Crippen molar-refractivity contribution in [2.24, 2.45) is 11.8 Å². The standard InChI is InChI=1S/C19H26F3N3O2/c1-25-16(26)18(24-17(25)23,11-13-7-3-2-4-8-13)12-27-15-10-6-5-9-14(15)19(20,21)22/h5-6,9-10,13-15H,2-4,7-8,11-12H2,1H3,(H2,23,24).